The summed E-state index contributed by atoms with van der Waals surface area (Å²) in [5.74, 6) is 0.878. The van der Waals surface area contributed by atoms with Gasteiger partial charge in [0.1, 0.15) is 11.1 Å². The fraction of sp³-hybridized carbons (Fsp3) is 0.241. The summed E-state index contributed by atoms with van der Waals surface area (Å²) in [4.78, 5) is 29.6. The van der Waals surface area contributed by atoms with Crippen LogP contribution >= 0.6 is 0 Å². The fourth-order valence-electron chi connectivity index (χ4n) is 5.00. The molecular formula is C29H29N9O2. The van der Waals surface area contributed by atoms with E-state index in [-0.39, 0.29) is 24.3 Å². The Kier molecular flexibility index (Phi) is 6.79. The third kappa shape index (κ3) is 4.94. The number of ether oxygens (including phenoxy) is 1. The lowest BCUT2D eigenvalue weighted by Gasteiger charge is -2.36. The Labute approximate surface area is 230 Å². The number of pyridine rings is 1. The van der Waals surface area contributed by atoms with E-state index in [2.05, 4.69) is 58.0 Å². The number of nitrogens with one attached hydrogen (secondary N) is 1. The molecule has 1 aromatic carbocycles. The zero-order chi connectivity index (χ0) is 27.6. The van der Waals surface area contributed by atoms with Crippen LogP contribution in [0.15, 0.2) is 84.4 Å². The van der Waals surface area contributed by atoms with Crippen LogP contribution in [0.3, 0.4) is 0 Å². The van der Waals surface area contributed by atoms with Crippen LogP contribution < -0.4 is 15.8 Å². The molecule has 1 fully saturated rings. The Balaban J connectivity index is 1.35. The molecule has 0 saturated carbocycles. The second kappa shape index (κ2) is 10.7. The van der Waals surface area contributed by atoms with Crippen molar-refractivity contribution < 1.29 is 4.74 Å². The first kappa shape index (κ1) is 25.4. The van der Waals surface area contributed by atoms with Crippen LogP contribution in [-0.4, -0.2) is 59.8 Å². The van der Waals surface area contributed by atoms with Gasteiger partial charge in [0.15, 0.2) is 11.5 Å². The molecule has 1 aliphatic heterocycles. The molecule has 1 saturated heterocycles. The zero-order valence-corrected chi connectivity index (χ0v) is 22.3. The van der Waals surface area contributed by atoms with Gasteiger partial charge < -0.3 is 15.0 Å². The van der Waals surface area contributed by atoms with Gasteiger partial charge >= 0.3 is 0 Å². The van der Waals surface area contributed by atoms with E-state index >= 15 is 0 Å². The average Bonchev–Trinajstić information content (AvgIpc) is 3.24. The predicted molar refractivity (Wildman–Crippen MR) is 154 cm³/mol. The minimum absolute atomic E-state index is 0.184. The van der Waals surface area contributed by atoms with Crippen molar-refractivity contribution in [2.45, 2.75) is 32.6 Å². The van der Waals surface area contributed by atoms with Crippen LogP contribution in [0.4, 0.5) is 17.3 Å². The first-order valence-electron chi connectivity index (χ1n) is 13.1. The zero-order valence-electron chi connectivity index (χ0n) is 22.3. The molecule has 0 spiro atoms. The number of nitrogens with zero attached hydrogens (tertiary/aromatic N) is 8. The summed E-state index contributed by atoms with van der Waals surface area (Å²) in [6, 6.07) is 17.3. The van der Waals surface area contributed by atoms with Gasteiger partial charge in [-0.15, -0.1) is 11.7 Å². The summed E-state index contributed by atoms with van der Waals surface area (Å²) < 4.78 is 9.09. The second-order valence-electron chi connectivity index (χ2n) is 9.74. The fourth-order valence-corrected chi connectivity index (χ4v) is 5.00. The molecule has 1 N–H and O–H groups in total. The molecule has 0 amide bonds. The number of anilines is 3. The normalized spacial score (nSPS) is 17.2. The number of hydrogen-bond donors (Lipinski definition) is 1. The number of fused-ring (bicyclic) bond motifs is 1. The summed E-state index contributed by atoms with van der Waals surface area (Å²) >= 11 is 0. The van der Waals surface area contributed by atoms with Gasteiger partial charge in [-0.1, -0.05) is 12.1 Å². The van der Waals surface area contributed by atoms with Crippen LogP contribution in [0.25, 0.3) is 28.2 Å². The first-order valence-corrected chi connectivity index (χ1v) is 13.1. The molecule has 11 heteroatoms. The minimum Gasteiger partial charge on any atom is -0.372 e. The van der Waals surface area contributed by atoms with E-state index in [0.29, 0.717) is 34.2 Å². The maximum Gasteiger partial charge on any atom is 0.278 e. The van der Waals surface area contributed by atoms with Crippen molar-refractivity contribution in [3.8, 4) is 17.2 Å². The number of allylic oxidation sites excluding steroid dienone is 1. The van der Waals surface area contributed by atoms with Gasteiger partial charge in [-0.25, -0.2) is 19.3 Å². The number of rotatable bonds is 7. The van der Waals surface area contributed by atoms with Crippen molar-refractivity contribution >= 4 is 28.4 Å². The molecule has 0 aliphatic carbocycles. The highest BCUT2D eigenvalue weighted by Crippen LogP contribution is 2.24. The molecule has 5 heterocycles. The number of morpholine rings is 1. The molecule has 0 bridgehead atoms. The van der Waals surface area contributed by atoms with Crippen LogP contribution in [-0.2, 0) is 11.3 Å². The third-order valence-corrected chi connectivity index (χ3v) is 6.67. The van der Waals surface area contributed by atoms with E-state index in [1.165, 1.54) is 4.68 Å². The van der Waals surface area contributed by atoms with Gasteiger partial charge in [0.25, 0.3) is 5.56 Å². The number of aromatic nitrogens is 7. The van der Waals surface area contributed by atoms with Crippen molar-refractivity contribution in [1.82, 2.24) is 34.5 Å². The van der Waals surface area contributed by atoms with E-state index in [0.717, 1.165) is 24.5 Å². The summed E-state index contributed by atoms with van der Waals surface area (Å²) in [7, 11) is 0. The highest BCUT2D eigenvalue weighted by molar-refractivity contribution is 5.77. The lowest BCUT2D eigenvalue weighted by Crippen LogP contribution is -2.45. The van der Waals surface area contributed by atoms with Gasteiger partial charge in [-0.2, -0.15) is 10.1 Å². The Morgan fingerprint density at radius 2 is 1.80 bits per heavy atom. The van der Waals surface area contributed by atoms with Gasteiger partial charge in [0.2, 0.25) is 5.95 Å². The lowest BCUT2D eigenvalue weighted by atomic mass is 10.2. The summed E-state index contributed by atoms with van der Waals surface area (Å²) in [5, 5.41) is 11.8. The number of benzene rings is 1. The highest BCUT2D eigenvalue weighted by Gasteiger charge is 2.22. The van der Waals surface area contributed by atoms with Gasteiger partial charge in [-0.05, 0) is 62.4 Å². The van der Waals surface area contributed by atoms with Crippen LogP contribution in [0.5, 0.6) is 0 Å². The molecule has 1 aliphatic rings. The quantitative estimate of drug-likeness (QED) is 0.309. The standard InChI is InChI=1S/C29H29N9O2/c1-4-15-37-28(39)23-16-30-29(32-21-10-12-22(13-11-21)36-17-19(2)40-20(3)18-36)34-27(23)38(37)26-9-5-7-24(33-26)25-8-6-14-31-35-25/h4-14,16,19-20H,1,15,17-18H2,2-3H3,(H,30,32,34). The lowest BCUT2D eigenvalue weighted by molar-refractivity contribution is -0.00521. The van der Waals surface area contributed by atoms with E-state index < -0.39 is 0 Å². The summed E-state index contributed by atoms with van der Waals surface area (Å²) in [6.07, 6.45) is 5.18. The van der Waals surface area contributed by atoms with Gasteiger partial charge in [0, 0.05) is 36.9 Å². The molecule has 4 aromatic heterocycles. The number of hydrogen-bond acceptors (Lipinski definition) is 9. The third-order valence-electron chi connectivity index (χ3n) is 6.67. The largest absolute Gasteiger partial charge is 0.372 e. The van der Waals surface area contributed by atoms with Crippen molar-refractivity contribution in [2.24, 2.45) is 0 Å². The molecule has 202 valence electrons. The Morgan fingerprint density at radius 1 is 1.02 bits per heavy atom. The molecule has 2 unspecified atom stereocenters. The van der Waals surface area contributed by atoms with Crippen molar-refractivity contribution in [3.63, 3.8) is 0 Å². The Morgan fingerprint density at radius 3 is 2.52 bits per heavy atom. The molecule has 11 nitrogen and oxygen atoms in total. The van der Waals surface area contributed by atoms with Crippen molar-refractivity contribution in [3.05, 3.63) is 90.0 Å². The average molecular weight is 536 g/mol. The van der Waals surface area contributed by atoms with E-state index in [9.17, 15) is 4.79 Å². The highest BCUT2D eigenvalue weighted by atomic mass is 16.5. The monoisotopic (exact) mass is 535 g/mol. The second-order valence-corrected chi connectivity index (χ2v) is 9.74. The van der Waals surface area contributed by atoms with E-state index in [1.54, 1.807) is 29.2 Å². The topological polar surface area (TPSA) is 116 Å². The van der Waals surface area contributed by atoms with Crippen LogP contribution in [0, 0.1) is 0 Å². The Bertz CT molecular complexity index is 1700. The van der Waals surface area contributed by atoms with Crippen LogP contribution in [0.1, 0.15) is 13.8 Å². The molecule has 6 rings (SSSR count). The molecule has 5 aromatic rings. The molecule has 2 atom stereocenters. The smallest absolute Gasteiger partial charge is 0.278 e. The Hall–Kier alpha value is -4.90. The predicted octanol–water partition coefficient (Wildman–Crippen LogP) is 3.98. The molecule has 40 heavy (non-hydrogen) atoms. The molecular weight excluding hydrogens is 506 g/mol. The van der Waals surface area contributed by atoms with E-state index in [4.69, 9.17) is 14.7 Å². The maximum atomic E-state index is 13.3. The SMILES string of the molecule is C=CCn1c(=O)c2cnc(Nc3ccc(N4CC(C)OC(C)C4)cc3)nc2n1-c1cccc(-c2cccnn2)n1. The van der Waals surface area contributed by atoms with Gasteiger partial charge in [0.05, 0.1) is 24.4 Å². The maximum absolute atomic E-state index is 13.3. The van der Waals surface area contributed by atoms with Crippen molar-refractivity contribution in [1.29, 1.82) is 0 Å². The van der Waals surface area contributed by atoms with Gasteiger partial charge in [-0.3, -0.25) is 4.79 Å². The minimum atomic E-state index is -0.230. The summed E-state index contributed by atoms with van der Waals surface area (Å²) in [5.41, 5.74) is 3.42. The van der Waals surface area contributed by atoms with Crippen molar-refractivity contribution in [2.75, 3.05) is 23.3 Å². The van der Waals surface area contributed by atoms with Crippen LogP contribution in [0.2, 0.25) is 0 Å². The first-order chi connectivity index (χ1) is 19.5. The summed E-state index contributed by atoms with van der Waals surface area (Å²) in [6.45, 7) is 9.98. The molecule has 0 radical (unpaired) electrons. The van der Waals surface area contributed by atoms with E-state index in [1.807, 2.05) is 36.4 Å².